The molecule has 3 aliphatic rings. The molecule has 2 aromatic rings. The van der Waals surface area contributed by atoms with Gasteiger partial charge in [-0.15, -0.1) is 4.40 Å². The first kappa shape index (κ1) is 22.1. The van der Waals surface area contributed by atoms with Crippen molar-refractivity contribution < 1.29 is 13.2 Å². The van der Waals surface area contributed by atoms with Crippen LogP contribution in [0.15, 0.2) is 57.8 Å². The molecule has 0 saturated carbocycles. The van der Waals surface area contributed by atoms with Crippen molar-refractivity contribution in [1.82, 2.24) is 15.1 Å². The van der Waals surface area contributed by atoms with Crippen LogP contribution in [0, 0.1) is 0 Å². The molecule has 1 atom stereocenters. The van der Waals surface area contributed by atoms with E-state index in [1.165, 1.54) is 37.9 Å². The van der Waals surface area contributed by atoms with Gasteiger partial charge in [0.25, 0.3) is 10.0 Å². The number of rotatable bonds is 5. The highest BCUT2D eigenvalue weighted by Crippen LogP contribution is 2.31. The second-order valence-electron chi connectivity index (χ2n) is 9.11. The van der Waals surface area contributed by atoms with Gasteiger partial charge in [0.05, 0.1) is 0 Å². The van der Waals surface area contributed by atoms with Crippen molar-refractivity contribution in [3.05, 3.63) is 65.2 Å². The molecule has 3 heterocycles. The average molecular weight is 467 g/mol. The molecule has 2 aromatic carbocycles. The molecule has 2 fully saturated rings. The Balaban J connectivity index is 1.21. The highest BCUT2D eigenvalue weighted by atomic mass is 32.2. The van der Waals surface area contributed by atoms with Crippen molar-refractivity contribution in [1.29, 1.82) is 0 Å². The number of fused-ring (bicyclic) bond motifs is 1. The molecular weight excluding hydrogens is 436 g/mol. The Labute approximate surface area is 195 Å². The monoisotopic (exact) mass is 466 g/mol. The van der Waals surface area contributed by atoms with E-state index in [2.05, 4.69) is 38.9 Å². The lowest BCUT2D eigenvalue weighted by Crippen LogP contribution is -2.45. The molecule has 0 bridgehead atoms. The SMILES string of the molecule is O=C(NCc1ccc(CN2CCCCC2)cc1)[C@@H]1CCCN1C1=NS(=O)(=O)c2ccccc21. The third kappa shape index (κ3) is 4.68. The maximum atomic E-state index is 13.0. The Kier molecular flexibility index (Phi) is 6.21. The second kappa shape index (κ2) is 9.27. The third-order valence-electron chi connectivity index (χ3n) is 6.78. The summed E-state index contributed by atoms with van der Waals surface area (Å²) in [4.78, 5) is 17.6. The zero-order valence-corrected chi connectivity index (χ0v) is 19.6. The number of nitrogens with one attached hydrogen (secondary N) is 1. The van der Waals surface area contributed by atoms with Gasteiger partial charge >= 0.3 is 0 Å². The van der Waals surface area contributed by atoms with Crippen molar-refractivity contribution in [2.45, 2.75) is 56.1 Å². The van der Waals surface area contributed by atoms with Crippen molar-refractivity contribution in [3.63, 3.8) is 0 Å². The molecule has 0 aromatic heterocycles. The summed E-state index contributed by atoms with van der Waals surface area (Å²) < 4.78 is 28.9. The minimum absolute atomic E-state index is 0.0885. The Hall–Kier alpha value is -2.71. The molecule has 174 valence electrons. The number of piperidine rings is 1. The number of amides is 1. The number of hydrogen-bond acceptors (Lipinski definition) is 5. The first-order chi connectivity index (χ1) is 16.0. The normalized spacial score (nSPS) is 22.1. The molecule has 0 radical (unpaired) electrons. The van der Waals surface area contributed by atoms with E-state index >= 15 is 0 Å². The fourth-order valence-corrected chi connectivity index (χ4v) is 6.25. The van der Waals surface area contributed by atoms with E-state index in [4.69, 9.17) is 0 Å². The lowest BCUT2D eigenvalue weighted by molar-refractivity contribution is -0.124. The molecular formula is C25H30N4O3S. The Morgan fingerprint density at radius 2 is 1.67 bits per heavy atom. The zero-order valence-electron chi connectivity index (χ0n) is 18.7. The van der Waals surface area contributed by atoms with Crippen LogP contribution in [-0.4, -0.2) is 55.6 Å². The van der Waals surface area contributed by atoms with E-state index in [0.29, 0.717) is 30.9 Å². The quantitative estimate of drug-likeness (QED) is 0.733. The van der Waals surface area contributed by atoms with Gasteiger partial charge in [0.15, 0.2) is 5.84 Å². The number of nitrogens with zero attached hydrogens (tertiary/aromatic N) is 3. The predicted molar refractivity (Wildman–Crippen MR) is 127 cm³/mol. The maximum absolute atomic E-state index is 13.0. The summed E-state index contributed by atoms with van der Waals surface area (Å²) in [5, 5.41) is 3.04. The number of likely N-dealkylation sites (tertiary alicyclic amines) is 2. The van der Waals surface area contributed by atoms with E-state index in [1.807, 2.05) is 4.90 Å². The Morgan fingerprint density at radius 1 is 0.939 bits per heavy atom. The van der Waals surface area contributed by atoms with Crippen LogP contribution in [0.2, 0.25) is 0 Å². The second-order valence-corrected chi connectivity index (χ2v) is 10.7. The maximum Gasteiger partial charge on any atom is 0.285 e. The van der Waals surface area contributed by atoms with E-state index in [9.17, 15) is 13.2 Å². The lowest BCUT2D eigenvalue weighted by Gasteiger charge is -2.26. The van der Waals surface area contributed by atoms with Crippen molar-refractivity contribution in [3.8, 4) is 0 Å². The van der Waals surface area contributed by atoms with E-state index in [-0.39, 0.29) is 10.8 Å². The van der Waals surface area contributed by atoms with Crippen LogP contribution < -0.4 is 5.32 Å². The van der Waals surface area contributed by atoms with Crippen LogP contribution in [-0.2, 0) is 27.9 Å². The van der Waals surface area contributed by atoms with Crippen LogP contribution >= 0.6 is 0 Å². The van der Waals surface area contributed by atoms with Gasteiger partial charge in [-0.3, -0.25) is 9.69 Å². The number of benzene rings is 2. The molecule has 33 heavy (non-hydrogen) atoms. The van der Waals surface area contributed by atoms with Crippen molar-refractivity contribution in [2.75, 3.05) is 19.6 Å². The molecule has 8 heteroatoms. The fraction of sp³-hybridized carbons (Fsp3) is 0.440. The van der Waals surface area contributed by atoms with Crippen LogP contribution in [0.1, 0.15) is 48.8 Å². The summed E-state index contributed by atoms with van der Waals surface area (Å²) in [6.07, 6.45) is 5.41. The van der Waals surface area contributed by atoms with E-state index in [0.717, 1.165) is 18.5 Å². The fourth-order valence-electron chi connectivity index (χ4n) is 5.03. The average Bonchev–Trinajstić information content (AvgIpc) is 3.42. The third-order valence-corrected chi connectivity index (χ3v) is 8.11. The summed E-state index contributed by atoms with van der Waals surface area (Å²) in [5.41, 5.74) is 2.94. The first-order valence-corrected chi connectivity index (χ1v) is 13.2. The van der Waals surface area contributed by atoms with Gasteiger partial charge in [0, 0.05) is 25.2 Å². The number of amidine groups is 1. The summed E-state index contributed by atoms with van der Waals surface area (Å²) in [5.74, 6) is 0.305. The standard InChI is InChI=1S/C25H30N4O3S/c30-25(26-17-19-10-12-20(13-11-19)18-28-14-4-1-5-15-28)22-8-6-16-29(22)24-21-7-2-3-9-23(21)33(31,32)27-24/h2-3,7,9-13,22H,1,4-6,8,14-18H2,(H,26,30)/t22-/m0/s1. The van der Waals surface area contributed by atoms with Gasteiger partial charge in [-0.05, 0) is 62.0 Å². The first-order valence-electron chi connectivity index (χ1n) is 11.8. The molecule has 0 unspecified atom stereocenters. The molecule has 1 amide bonds. The summed E-state index contributed by atoms with van der Waals surface area (Å²) in [6, 6.07) is 14.9. The predicted octanol–water partition coefficient (Wildman–Crippen LogP) is 2.90. The number of carbonyl (C=O) groups excluding carboxylic acids is 1. The molecule has 7 nitrogen and oxygen atoms in total. The van der Waals surface area contributed by atoms with Gasteiger partial charge in [-0.1, -0.05) is 42.8 Å². The summed E-state index contributed by atoms with van der Waals surface area (Å²) >= 11 is 0. The summed E-state index contributed by atoms with van der Waals surface area (Å²) in [7, 11) is -3.70. The Bertz CT molecular complexity index is 1150. The van der Waals surface area contributed by atoms with Crippen LogP contribution in [0.5, 0.6) is 0 Å². The molecule has 0 aliphatic carbocycles. The van der Waals surface area contributed by atoms with Gasteiger partial charge < -0.3 is 10.2 Å². The van der Waals surface area contributed by atoms with E-state index in [1.54, 1.807) is 24.3 Å². The van der Waals surface area contributed by atoms with Gasteiger partial charge in [-0.25, -0.2) is 0 Å². The van der Waals surface area contributed by atoms with Gasteiger partial charge in [-0.2, -0.15) is 8.42 Å². The lowest BCUT2D eigenvalue weighted by atomic mass is 10.1. The van der Waals surface area contributed by atoms with Crippen LogP contribution in [0.3, 0.4) is 0 Å². The van der Waals surface area contributed by atoms with Gasteiger partial charge in [0.2, 0.25) is 5.91 Å². The highest BCUT2D eigenvalue weighted by molar-refractivity contribution is 7.90. The zero-order chi connectivity index (χ0) is 22.8. The van der Waals surface area contributed by atoms with Gasteiger partial charge in [0.1, 0.15) is 10.9 Å². The topological polar surface area (TPSA) is 82.1 Å². The smallest absolute Gasteiger partial charge is 0.285 e. The molecule has 3 aliphatic heterocycles. The molecule has 2 saturated heterocycles. The van der Waals surface area contributed by atoms with Crippen molar-refractivity contribution in [2.24, 2.45) is 4.40 Å². The Morgan fingerprint density at radius 3 is 2.45 bits per heavy atom. The largest absolute Gasteiger partial charge is 0.350 e. The minimum atomic E-state index is -3.70. The minimum Gasteiger partial charge on any atom is -0.350 e. The molecule has 0 spiro atoms. The van der Waals surface area contributed by atoms with Crippen molar-refractivity contribution >= 4 is 21.8 Å². The number of hydrogen-bond donors (Lipinski definition) is 1. The number of carbonyl (C=O) groups is 1. The number of sulfonamides is 1. The van der Waals surface area contributed by atoms with Crippen LogP contribution in [0.25, 0.3) is 0 Å². The van der Waals surface area contributed by atoms with E-state index < -0.39 is 16.1 Å². The summed E-state index contributed by atoms with van der Waals surface area (Å²) in [6.45, 7) is 4.40. The highest BCUT2D eigenvalue weighted by Gasteiger charge is 2.39. The molecule has 5 rings (SSSR count). The molecule has 1 N–H and O–H groups in total. The van der Waals surface area contributed by atoms with Crippen LogP contribution in [0.4, 0.5) is 0 Å².